The van der Waals surface area contributed by atoms with Gasteiger partial charge in [-0.3, -0.25) is 0 Å². The fourth-order valence-corrected chi connectivity index (χ4v) is 2.52. The summed E-state index contributed by atoms with van der Waals surface area (Å²) in [7, 11) is 4.84. The van der Waals surface area contributed by atoms with Gasteiger partial charge in [-0.25, -0.2) is 4.98 Å². The molecular weight excluding hydrogens is 290 g/mol. The van der Waals surface area contributed by atoms with E-state index in [2.05, 4.69) is 14.7 Å². The lowest BCUT2D eigenvalue weighted by molar-refractivity contribution is 0.347. The molecule has 2 rings (SSSR count). The molecule has 0 spiro atoms. The number of aromatic nitrogens is 2. The Morgan fingerprint density at radius 1 is 1.05 bits per heavy atom. The van der Waals surface area contributed by atoms with Crippen LogP contribution in [0.1, 0.15) is 18.3 Å². The van der Waals surface area contributed by atoms with Crippen molar-refractivity contribution in [1.82, 2.24) is 9.36 Å². The van der Waals surface area contributed by atoms with Gasteiger partial charge in [-0.05, 0) is 6.07 Å². The van der Waals surface area contributed by atoms with Gasteiger partial charge in [0.25, 0.3) is 0 Å². The summed E-state index contributed by atoms with van der Waals surface area (Å²) in [6.45, 7) is 2.60. The number of benzene rings is 1. The molecule has 0 saturated carbocycles. The van der Waals surface area contributed by atoms with Crippen LogP contribution in [-0.2, 0) is 13.0 Å². The molecule has 6 nitrogen and oxygen atoms in total. The Bertz CT molecular complexity index is 601. The van der Waals surface area contributed by atoms with Crippen molar-refractivity contribution in [2.24, 2.45) is 0 Å². The number of ether oxygens (including phenoxy) is 3. The zero-order valence-corrected chi connectivity index (χ0v) is 13.4. The highest BCUT2D eigenvalue weighted by Crippen LogP contribution is 2.34. The van der Waals surface area contributed by atoms with Crippen molar-refractivity contribution in [2.75, 3.05) is 26.6 Å². The van der Waals surface area contributed by atoms with E-state index in [0.717, 1.165) is 28.7 Å². The van der Waals surface area contributed by atoms with Crippen LogP contribution in [0.2, 0.25) is 0 Å². The van der Waals surface area contributed by atoms with Crippen molar-refractivity contribution in [3.05, 3.63) is 23.5 Å². The molecule has 0 radical (unpaired) electrons. The third-order valence-electron chi connectivity index (χ3n) is 3.00. The van der Waals surface area contributed by atoms with Crippen molar-refractivity contribution >= 4 is 16.7 Å². The molecule has 7 heteroatoms. The minimum atomic E-state index is 0.571. The number of aryl methyl sites for hydroxylation is 1. The van der Waals surface area contributed by atoms with Gasteiger partial charge < -0.3 is 19.5 Å². The van der Waals surface area contributed by atoms with Gasteiger partial charge in [0.05, 0.1) is 21.3 Å². The normalized spacial score (nSPS) is 10.3. The number of nitrogens with zero attached hydrogens (tertiary/aromatic N) is 2. The lowest BCUT2D eigenvalue weighted by Gasteiger charge is -2.14. The van der Waals surface area contributed by atoms with E-state index < -0.39 is 0 Å². The molecule has 21 heavy (non-hydrogen) atoms. The van der Waals surface area contributed by atoms with E-state index >= 15 is 0 Å². The van der Waals surface area contributed by atoms with Gasteiger partial charge in [0.1, 0.15) is 11.6 Å². The van der Waals surface area contributed by atoms with Gasteiger partial charge in [0.15, 0.2) is 11.5 Å². The topological polar surface area (TPSA) is 65.5 Å². The smallest absolute Gasteiger partial charge is 0.202 e. The molecule has 0 aliphatic heterocycles. The predicted molar refractivity (Wildman–Crippen MR) is 82.7 cm³/mol. The van der Waals surface area contributed by atoms with E-state index in [1.165, 1.54) is 11.5 Å². The van der Waals surface area contributed by atoms with E-state index in [9.17, 15) is 0 Å². The van der Waals surface area contributed by atoms with Gasteiger partial charge in [0.2, 0.25) is 5.13 Å². The molecule has 0 aliphatic rings. The van der Waals surface area contributed by atoms with E-state index in [1.54, 1.807) is 21.3 Å². The second kappa shape index (κ2) is 7.12. The maximum atomic E-state index is 5.39. The Labute approximate surface area is 128 Å². The predicted octanol–water partition coefficient (Wildman–Crippen LogP) is 2.74. The molecule has 0 bridgehead atoms. The molecule has 0 aliphatic carbocycles. The van der Waals surface area contributed by atoms with Crippen molar-refractivity contribution < 1.29 is 14.2 Å². The summed E-state index contributed by atoms with van der Waals surface area (Å²) in [5, 5.41) is 4.04. The minimum Gasteiger partial charge on any atom is -0.496 e. The van der Waals surface area contributed by atoms with Crippen LogP contribution < -0.4 is 19.5 Å². The fourth-order valence-electron chi connectivity index (χ4n) is 1.87. The van der Waals surface area contributed by atoms with Crippen LogP contribution in [-0.4, -0.2) is 30.7 Å². The van der Waals surface area contributed by atoms with Gasteiger partial charge in [-0.15, -0.1) is 0 Å². The lowest BCUT2D eigenvalue weighted by atomic mass is 10.1. The van der Waals surface area contributed by atoms with Gasteiger partial charge in [-0.2, -0.15) is 4.37 Å². The molecule has 1 N–H and O–H groups in total. The van der Waals surface area contributed by atoms with E-state index in [-0.39, 0.29) is 0 Å². The highest BCUT2D eigenvalue weighted by atomic mass is 32.1. The van der Waals surface area contributed by atoms with Crippen LogP contribution in [0.15, 0.2) is 12.1 Å². The monoisotopic (exact) mass is 309 g/mol. The second-order valence-corrected chi connectivity index (χ2v) is 4.99. The SMILES string of the molecule is CCc1nsc(NCc2cc(OC)c(OC)cc2OC)n1. The van der Waals surface area contributed by atoms with Crippen LogP contribution in [0.3, 0.4) is 0 Å². The summed E-state index contributed by atoms with van der Waals surface area (Å²) >= 11 is 1.36. The first-order chi connectivity index (χ1) is 10.2. The average molecular weight is 309 g/mol. The molecule has 0 fully saturated rings. The van der Waals surface area contributed by atoms with E-state index in [4.69, 9.17) is 14.2 Å². The third kappa shape index (κ3) is 3.55. The summed E-state index contributed by atoms with van der Waals surface area (Å²) in [4.78, 5) is 4.38. The van der Waals surface area contributed by atoms with E-state index in [1.807, 2.05) is 19.1 Å². The average Bonchev–Trinajstić information content (AvgIpc) is 2.99. The molecule has 0 saturated heterocycles. The molecule has 0 atom stereocenters. The number of hydrogen-bond acceptors (Lipinski definition) is 7. The summed E-state index contributed by atoms with van der Waals surface area (Å²) in [6.07, 6.45) is 0.831. The molecular formula is C14H19N3O3S. The van der Waals surface area contributed by atoms with Gasteiger partial charge >= 0.3 is 0 Å². The lowest BCUT2D eigenvalue weighted by Crippen LogP contribution is -2.03. The number of anilines is 1. The quantitative estimate of drug-likeness (QED) is 0.848. The molecule has 1 aromatic carbocycles. The first-order valence-corrected chi connectivity index (χ1v) is 7.34. The fraction of sp³-hybridized carbons (Fsp3) is 0.429. The molecule has 0 amide bonds. The minimum absolute atomic E-state index is 0.571. The van der Waals surface area contributed by atoms with Crippen molar-refractivity contribution in [3.8, 4) is 17.2 Å². The molecule has 1 aromatic heterocycles. The van der Waals surface area contributed by atoms with Gasteiger partial charge in [-0.1, -0.05) is 6.92 Å². The molecule has 0 unspecified atom stereocenters. The van der Waals surface area contributed by atoms with Crippen molar-refractivity contribution in [3.63, 3.8) is 0 Å². The Morgan fingerprint density at radius 3 is 2.29 bits per heavy atom. The maximum Gasteiger partial charge on any atom is 0.202 e. The van der Waals surface area contributed by atoms with Crippen molar-refractivity contribution in [1.29, 1.82) is 0 Å². The highest BCUT2D eigenvalue weighted by molar-refractivity contribution is 7.09. The Hall–Kier alpha value is -2.02. The Morgan fingerprint density at radius 2 is 1.71 bits per heavy atom. The summed E-state index contributed by atoms with van der Waals surface area (Å²) in [5.74, 6) is 2.89. The number of nitrogens with one attached hydrogen (secondary N) is 1. The second-order valence-electron chi connectivity index (χ2n) is 4.24. The van der Waals surface area contributed by atoms with Crippen LogP contribution in [0.25, 0.3) is 0 Å². The maximum absolute atomic E-state index is 5.39. The third-order valence-corrected chi connectivity index (χ3v) is 3.71. The number of methoxy groups -OCH3 is 3. The molecule has 2 aromatic rings. The zero-order valence-electron chi connectivity index (χ0n) is 12.6. The van der Waals surface area contributed by atoms with Crippen LogP contribution in [0, 0.1) is 0 Å². The number of rotatable bonds is 7. The van der Waals surface area contributed by atoms with Crippen LogP contribution in [0.4, 0.5) is 5.13 Å². The first kappa shape index (κ1) is 15.4. The Balaban J connectivity index is 2.17. The summed E-state index contributed by atoms with van der Waals surface area (Å²) < 4.78 is 20.2. The molecule has 1 heterocycles. The van der Waals surface area contributed by atoms with Gasteiger partial charge in [0, 0.05) is 36.1 Å². The van der Waals surface area contributed by atoms with E-state index in [0.29, 0.717) is 18.0 Å². The summed E-state index contributed by atoms with van der Waals surface area (Å²) in [5.41, 5.74) is 0.961. The summed E-state index contributed by atoms with van der Waals surface area (Å²) in [6, 6.07) is 3.71. The van der Waals surface area contributed by atoms with Crippen LogP contribution in [0.5, 0.6) is 17.2 Å². The largest absolute Gasteiger partial charge is 0.496 e. The number of hydrogen-bond donors (Lipinski definition) is 1. The molecule has 114 valence electrons. The van der Waals surface area contributed by atoms with Crippen LogP contribution >= 0.6 is 11.5 Å². The first-order valence-electron chi connectivity index (χ1n) is 6.57. The Kier molecular flexibility index (Phi) is 5.21. The zero-order chi connectivity index (χ0) is 15.2. The van der Waals surface area contributed by atoms with Crippen molar-refractivity contribution in [2.45, 2.75) is 19.9 Å². The standard InChI is InChI=1S/C14H19N3O3S/c1-5-13-16-14(21-17-13)15-8-9-6-11(19-3)12(20-4)7-10(9)18-2/h6-7H,5,8H2,1-4H3,(H,15,16,17). The highest BCUT2D eigenvalue weighted by Gasteiger charge is 2.12.